The number of aryl methyl sites for hydroxylation is 1. The smallest absolute Gasteiger partial charge is 0.257 e. The van der Waals surface area contributed by atoms with Crippen LogP contribution in [0.4, 0.5) is 11.6 Å². The van der Waals surface area contributed by atoms with Gasteiger partial charge < -0.3 is 15.2 Å². The van der Waals surface area contributed by atoms with Gasteiger partial charge in [-0.05, 0) is 55.3 Å². The molecule has 0 radical (unpaired) electrons. The summed E-state index contributed by atoms with van der Waals surface area (Å²) in [6.07, 6.45) is 6.43. The molecule has 0 bridgehead atoms. The number of amides is 3. The fourth-order valence-corrected chi connectivity index (χ4v) is 4.67. The van der Waals surface area contributed by atoms with Gasteiger partial charge in [0.15, 0.2) is 0 Å². The van der Waals surface area contributed by atoms with E-state index < -0.39 is 11.8 Å². The van der Waals surface area contributed by atoms with Crippen molar-refractivity contribution in [1.29, 1.82) is 5.26 Å². The van der Waals surface area contributed by atoms with Crippen LogP contribution >= 0.6 is 0 Å². The van der Waals surface area contributed by atoms with Crippen LogP contribution in [0, 0.1) is 17.2 Å². The second-order valence-corrected chi connectivity index (χ2v) is 9.21. The minimum atomic E-state index is -0.466. The van der Waals surface area contributed by atoms with Gasteiger partial charge in [0.1, 0.15) is 0 Å². The number of benzene rings is 2. The van der Waals surface area contributed by atoms with Crippen molar-refractivity contribution in [3.63, 3.8) is 0 Å². The van der Waals surface area contributed by atoms with Crippen LogP contribution in [0.2, 0.25) is 0 Å². The number of nitrogens with one attached hydrogen (secondary N) is 1. The summed E-state index contributed by atoms with van der Waals surface area (Å²) in [4.78, 5) is 43.8. The largest absolute Gasteiger partial charge is 0.370 e. The molecule has 1 aromatic heterocycles. The molecule has 3 amide bonds. The molecule has 0 aliphatic heterocycles. The third kappa shape index (κ3) is 5.54. The van der Waals surface area contributed by atoms with E-state index in [1.54, 1.807) is 40.8 Å². The minimum absolute atomic E-state index is 0.0311. The highest BCUT2D eigenvalue weighted by Crippen LogP contribution is 2.29. The van der Waals surface area contributed by atoms with E-state index in [-0.39, 0.29) is 30.7 Å². The Labute approximate surface area is 209 Å². The highest BCUT2D eigenvalue weighted by Gasteiger charge is 2.25. The molecule has 2 aromatic carbocycles. The number of aromatic nitrogens is 2. The molecule has 186 valence electrons. The number of nitriles is 1. The third-order valence-corrected chi connectivity index (χ3v) is 6.74. The molecule has 9 nitrogen and oxygen atoms in total. The maximum atomic E-state index is 13.2. The summed E-state index contributed by atoms with van der Waals surface area (Å²) in [5.41, 5.74) is 8.22. The number of imidazole rings is 1. The molecular formula is C27H30N6O3. The number of rotatable bonds is 7. The lowest BCUT2D eigenvalue weighted by atomic mass is 9.98. The molecule has 3 aromatic rings. The molecular weight excluding hydrogens is 456 g/mol. The topological polar surface area (TPSA) is 134 Å². The average molecular weight is 487 g/mol. The quantitative estimate of drug-likeness (QED) is 0.487. The van der Waals surface area contributed by atoms with E-state index in [0.717, 1.165) is 31.4 Å². The molecule has 0 unspecified atom stereocenters. The van der Waals surface area contributed by atoms with Crippen molar-refractivity contribution < 1.29 is 14.4 Å². The summed E-state index contributed by atoms with van der Waals surface area (Å²) in [5, 5.41) is 11.8. The van der Waals surface area contributed by atoms with Gasteiger partial charge >= 0.3 is 0 Å². The highest BCUT2D eigenvalue weighted by atomic mass is 16.2. The Kier molecular flexibility index (Phi) is 7.64. The van der Waals surface area contributed by atoms with Gasteiger partial charge in [-0.2, -0.15) is 5.26 Å². The van der Waals surface area contributed by atoms with Gasteiger partial charge in [-0.3, -0.25) is 19.7 Å². The Morgan fingerprint density at radius 2 is 1.81 bits per heavy atom. The van der Waals surface area contributed by atoms with Crippen molar-refractivity contribution in [2.75, 3.05) is 17.3 Å². The van der Waals surface area contributed by atoms with Gasteiger partial charge in [0, 0.05) is 37.2 Å². The molecule has 0 spiro atoms. The molecule has 0 atom stereocenters. The normalized spacial score (nSPS) is 14.1. The Hall–Kier alpha value is -4.19. The van der Waals surface area contributed by atoms with E-state index in [2.05, 4.69) is 10.3 Å². The van der Waals surface area contributed by atoms with Gasteiger partial charge in [-0.25, -0.2) is 4.98 Å². The zero-order valence-corrected chi connectivity index (χ0v) is 20.4. The molecule has 1 fully saturated rings. The Morgan fingerprint density at radius 3 is 2.44 bits per heavy atom. The maximum Gasteiger partial charge on any atom is 0.257 e. The number of hydrogen-bond acceptors (Lipinski definition) is 5. The number of carbonyl (C=O) groups is 3. The van der Waals surface area contributed by atoms with Crippen LogP contribution in [-0.4, -0.2) is 34.3 Å². The molecule has 0 saturated heterocycles. The van der Waals surface area contributed by atoms with E-state index in [0.29, 0.717) is 22.2 Å². The summed E-state index contributed by atoms with van der Waals surface area (Å²) in [6.45, 7) is 0.241. The average Bonchev–Trinajstić information content (AvgIpc) is 3.03. The number of nitrogens with zero attached hydrogens (tertiary/aromatic N) is 4. The lowest BCUT2D eigenvalue weighted by Gasteiger charge is -2.23. The molecule has 9 heteroatoms. The highest BCUT2D eigenvalue weighted by molar-refractivity contribution is 6.04. The van der Waals surface area contributed by atoms with E-state index in [1.807, 2.05) is 24.3 Å². The SMILES string of the molecule is CN(C(=O)C1CCCCCC1)c1ccc2c(c1)nc(NC(=O)c1ccc(C#N)cc1)n2CCC(N)=O. The molecule has 36 heavy (non-hydrogen) atoms. The Balaban J connectivity index is 1.62. The Morgan fingerprint density at radius 1 is 1.11 bits per heavy atom. The molecule has 1 aliphatic carbocycles. The lowest BCUT2D eigenvalue weighted by molar-refractivity contribution is -0.122. The predicted molar refractivity (Wildman–Crippen MR) is 137 cm³/mol. The van der Waals surface area contributed by atoms with Crippen LogP contribution in [-0.2, 0) is 16.1 Å². The second-order valence-electron chi connectivity index (χ2n) is 9.21. The van der Waals surface area contributed by atoms with Crippen molar-refractivity contribution >= 4 is 40.4 Å². The third-order valence-electron chi connectivity index (χ3n) is 6.74. The second kappa shape index (κ2) is 11.0. The monoisotopic (exact) mass is 486 g/mol. The van der Waals surface area contributed by atoms with Crippen molar-refractivity contribution in [2.45, 2.75) is 51.5 Å². The number of primary amides is 1. The summed E-state index contributed by atoms with van der Waals surface area (Å²) in [7, 11) is 1.78. The molecule has 1 heterocycles. The first-order chi connectivity index (χ1) is 17.4. The minimum Gasteiger partial charge on any atom is -0.370 e. The maximum absolute atomic E-state index is 13.2. The van der Waals surface area contributed by atoms with Gasteiger partial charge in [-0.1, -0.05) is 25.7 Å². The van der Waals surface area contributed by atoms with Crippen molar-refractivity contribution in [1.82, 2.24) is 9.55 Å². The number of fused-ring (bicyclic) bond motifs is 1. The molecule has 1 aliphatic rings. The first-order valence-electron chi connectivity index (χ1n) is 12.2. The van der Waals surface area contributed by atoms with E-state index in [4.69, 9.17) is 11.0 Å². The van der Waals surface area contributed by atoms with Crippen LogP contribution in [0.1, 0.15) is 60.9 Å². The standard InChI is InChI=1S/C27H30N6O3/c1-32(26(36)20-6-4-2-3-5-7-20)21-12-13-23-22(16-21)30-27(33(23)15-14-24(29)34)31-25(35)19-10-8-18(17-28)9-11-19/h8-13,16,20H,2-7,14-15H2,1H3,(H2,29,34)(H,30,31,35). The van der Waals surface area contributed by atoms with Crippen LogP contribution in [0.3, 0.4) is 0 Å². The van der Waals surface area contributed by atoms with Crippen molar-refractivity contribution in [3.8, 4) is 6.07 Å². The van der Waals surface area contributed by atoms with E-state index >= 15 is 0 Å². The summed E-state index contributed by atoms with van der Waals surface area (Å²) in [6, 6.07) is 13.8. The predicted octanol–water partition coefficient (Wildman–Crippen LogP) is 3.97. The summed E-state index contributed by atoms with van der Waals surface area (Å²) >= 11 is 0. The fourth-order valence-electron chi connectivity index (χ4n) is 4.67. The summed E-state index contributed by atoms with van der Waals surface area (Å²) < 4.78 is 1.73. The summed E-state index contributed by atoms with van der Waals surface area (Å²) in [5.74, 6) is -0.444. The number of anilines is 2. The number of carbonyl (C=O) groups excluding carboxylic acids is 3. The number of nitrogens with two attached hydrogens (primary N) is 1. The molecule has 4 rings (SSSR count). The van der Waals surface area contributed by atoms with Gasteiger partial charge in [0.05, 0.1) is 22.7 Å². The molecule has 3 N–H and O–H groups in total. The zero-order valence-electron chi connectivity index (χ0n) is 20.4. The van der Waals surface area contributed by atoms with Crippen LogP contribution in [0.5, 0.6) is 0 Å². The van der Waals surface area contributed by atoms with E-state index in [9.17, 15) is 14.4 Å². The van der Waals surface area contributed by atoms with Crippen molar-refractivity contribution in [2.24, 2.45) is 11.7 Å². The van der Waals surface area contributed by atoms with Gasteiger partial charge in [0.2, 0.25) is 17.8 Å². The van der Waals surface area contributed by atoms with Gasteiger partial charge in [-0.15, -0.1) is 0 Å². The van der Waals surface area contributed by atoms with Crippen LogP contribution in [0.15, 0.2) is 42.5 Å². The first kappa shape index (κ1) is 24.9. The van der Waals surface area contributed by atoms with Crippen molar-refractivity contribution in [3.05, 3.63) is 53.6 Å². The molecule has 1 saturated carbocycles. The lowest BCUT2D eigenvalue weighted by Crippen LogP contribution is -2.32. The van der Waals surface area contributed by atoms with E-state index in [1.165, 1.54) is 12.8 Å². The zero-order chi connectivity index (χ0) is 25.7. The fraction of sp³-hybridized carbons (Fsp3) is 0.370. The van der Waals surface area contributed by atoms with Crippen LogP contribution < -0.4 is 16.0 Å². The number of hydrogen-bond donors (Lipinski definition) is 2. The van der Waals surface area contributed by atoms with Gasteiger partial charge in [0.25, 0.3) is 5.91 Å². The Bertz CT molecular complexity index is 1310. The first-order valence-corrected chi connectivity index (χ1v) is 12.2. The van der Waals surface area contributed by atoms with Crippen LogP contribution in [0.25, 0.3) is 11.0 Å².